The molecular weight excluding hydrogens is 180 g/mol. The van der Waals surface area contributed by atoms with Gasteiger partial charge in [0.25, 0.3) is 0 Å². The predicted molar refractivity (Wildman–Crippen MR) is 58.9 cm³/mol. The van der Waals surface area contributed by atoms with Crippen molar-refractivity contribution in [1.29, 1.82) is 0 Å². The standard InChI is InChI=1S/C10H18N2S/c1-10(2,12)7-8(11)6-9-4-3-5-13-9/h3-5,8H,6-7,11-12H2,1-2H3. The second-order valence-corrected chi connectivity index (χ2v) is 5.27. The van der Waals surface area contributed by atoms with E-state index in [-0.39, 0.29) is 11.6 Å². The zero-order chi connectivity index (χ0) is 9.90. The zero-order valence-electron chi connectivity index (χ0n) is 8.29. The highest BCUT2D eigenvalue weighted by Gasteiger charge is 2.16. The van der Waals surface area contributed by atoms with E-state index in [0.29, 0.717) is 0 Å². The first-order valence-electron chi connectivity index (χ1n) is 4.54. The van der Waals surface area contributed by atoms with Crippen LogP contribution in [0.4, 0.5) is 0 Å². The Bertz CT molecular complexity index is 236. The van der Waals surface area contributed by atoms with Crippen molar-refractivity contribution in [2.24, 2.45) is 11.5 Å². The maximum atomic E-state index is 5.98. The molecule has 1 aromatic rings. The molecule has 0 radical (unpaired) electrons. The summed E-state index contributed by atoms with van der Waals surface area (Å²) in [5.74, 6) is 0. The highest BCUT2D eigenvalue weighted by Crippen LogP contribution is 2.14. The van der Waals surface area contributed by atoms with E-state index in [0.717, 1.165) is 12.8 Å². The van der Waals surface area contributed by atoms with Crippen molar-refractivity contribution >= 4 is 11.3 Å². The Morgan fingerprint density at radius 2 is 2.23 bits per heavy atom. The average molecular weight is 198 g/mol. The van der Waals surface area contributed by atoms with Gasteiger partial charge in [0.2, 0.25) is 0 Å². The number of nitrogens with two attached hydrogens (primary N) is 2. The van der Waals surface area contributed by atoms with Gasteiger partial charge in [0.1, 0.15) is 0 Å². The SMILES string of the molecule is CC(C)(N)CC(N)Cc1cccs1. The molecule has 0 aromatic carbocycles. The summed E-state index contributed by atoms with van der Waals surface area (Å²) in [7, 11) is 0. The molecule has 0 aliphatic carbocycles. The Hall–Kier alpha value is -0.380. The van der Waals surface area contributed by atoms with Crippen LogP contribution in [-0.2, 0) is 6.42 Å². The van der Waals surface area contributed by atoms with Crippen LogP contribution in [0.15, 0.2) is 17.5 Å². The van der Waals surface area contributed by atoms with Crippen molar-refractivity contribution in [2.75, 3.05) is 0 Å². The molecule has 4 N–H and O–H groups in total. The third-order valence-electron chi connectivity index (χ3n) is 1.83. The zero-order valence-corrected chi connectivity index (χ0v) is 9.10. The van der Waals surface area contributed by atoms with Crippen molar-refractivity contribution in [2.45, 2.75) is 38.3 Å². The van der Waals surface area contributed by atoms with E-state index in [2.05, 4.69) is 17.5 Å². The molecule has 74 valence electrons. The Balaban J connectivity index is 2.38. The van der Waals surface area contributed by atoms with Gasteiger partial charge in [-0.25, -0.2) is 0 Å². The van der Waals surface area contributed by atoms with Gasteiger partial charge in [0, 0.05) is 16.5 Å². The number of hydrogen-bond acceptors (Lipinski definition) is 3. The van der Waals surface area contributed by atoms with Crippen LogP contribution in [-0.4, -0.2) is 11.6 Å². The molecular formula is C10H18N2S. The van der Waals surface area contributed by atoms with Crippen LogP contribution in [0.3, 0.4) is 0 Å². The molecule has 13 heavy (non-hydrogen) atoms. The molecule has 0 bridgehead atoms. The van der Waals surface area contributed by atoms with Crippen molar-refractivity contribution in [3.8, 4) is 0 Å². The van der Waals surface area contributed by atoms with Crippen LogP contribution >= 0.6 is 11.3 Å². The molecule has 0 amide bonds. The predicted octanol–water partition coefficient (Wildman–Crippen LogP) is 1.75. The van der Waals surface area contributed by atoms with Crippen LogP contribution < -0.4 is 11.5 Å². The topological polar surface area (TPSA) is 52.0 Å². The summed E-state index contributed by atoms with van der Waals surface area (Å²) in [5.41, 5.74) is 11.7. The summed E-state index contributed by atoms with van der Waals surface area (Å²) < 4.78 is 0. The lowest BCUT2D eigenvalue weighted by molar-refractivity contribution is 0.421. The molecule has 0 saturated heterocycles. The summed E-state index contributed by atoms with van der Waals surface area (Å²) in [6.45, 7) is 4.03. The van der Waals surface area contributed by atoms with Gasteiger partial charge in [-0.2, -0.15) is 0 Å². The molecule has 1 rings (SSSR count). The number of thiophene rings is 1. The minimum Gasteiger partial charge on any atom is -0.327 e. The van der Waals surface area contributed by atoms with Crippen LogP contribution in [0.25, 0.3) is 0 Å². The Labute approximate surface area is 83.9 Å². The quantitative estimate of drug-likeness (QED) is 0.774. The summed E-state index contributed by atoms with van der Waals surface area (Å²) in [5, 5.41) is 2.08. The summed E-state index contributed by atoms with van der Waals surface area (Å²) in [6.07, 6.45) is 1.81. The first-order chi connectivity index (χ1) is 5.97. The Morgan fingerprint density at radius 3 is 2.69 bits per heavy atom. The first kappa shape index (κ1) is 10.7. The maximum absolute atomic E-state index is 5.98. The van der Waals surface area contributed by atoms with Gasteiger partial charge in [-0.15, -0.1) is 11.3 Å². The summed E-state index contributed by atoms with van der Waals surface area (Å²) in [6, 6.07) is 4.35. The van der Waals surface area contributed by atoms with Gasteiger partial charge >= 0.3 is 0 Å². The number of rotatable bonds is 4. The maximum Gasteiger partial charge on any atom is 0.0112 e. The van der Waals surface area contributed by atoms with Crippen LogP contribution in [0.2, 0.25) is 0 Å². The molecule has 0 fully saturated rings. The van der Waals surface area contributed by atoms with Crippen LogP contribution in [0.1, 0.15) is 25.1 Å². The fourth-order valence-corrected chi connectivity index (χ4v) is 2.23. The van der Waals surface area contributed by atoms with Gasteiger partial charge in [0.15, 0.2) is 0 Å². The first-order valence-corrected chi connectivity index (χ1v) is 5.42. The monoisotopic (exact) mass is 198 g/mol. The summed E-state index contributed by atoms with van der Waals surface area (Å²) >= 11 is 1.76. The van der Waals surface area contributed by atoms with E-state index in [1.54, 1.807) is 11.3 Å². The van der Waals surface area contributed by atoms with Gasteiger partial charge < -0.3 is 11.5 Å². The third kappa shape index (κ3) is 4.41. The molecule has 3 heteroatoms. The second-order valence-electron chi connectivity index (χ2n) is 4.24. The fraction of sp³-hybridized carbons (Fsp3) is 0.600. The van der Waals surface area contributed by atoms with Gasteiger partial charge in [-0.1, -0.05) is 6.07 Å². The number of hydrogen-bond donors (Lipinski definition) is 2. The normalized spacial score (nSPS) is 14.5. The highest BCUT2D eigenvalue weighted by atomic mass is 32.1. The Kier molecular flexibility index (Phi) is 3.47. The molecule has 1 unspecified atom stereocenters. The van der Waals surface area contributed by atoms with Crippen molar-refractivity contribution in [1.82, 2.24) is 0 Å². The van der Waals surface area contributed by atoms with Gasteiger partial charge in [-0.05, 0) is 38.1 Å². The molecule has 1 heterocycles. The van der Waals surface area contributed by atoms with E-state index in [9.17, 15) is 0 Å². The van der Waals surface area contributed by atoms with E-state index in [1.807, 2.05) is 13.8 Å². The van der Waals surface area contributed by atoms with Gasteiger partial charge in [0.05, 0.1) is 0 Å². The minimum absolute atomic E-state index is 0.156. The van der Waals surface area contributed by atoms with Crippen LogP contribution in [0, 0.1) is 0 Å². The molecule has 0 spiro atoms. The van der Waals surface area contributed by atoms with Gasteiger partial charge in [-0.3, -0.25) is 0 Å². The largest absolute Gasteiger partial charge is 0.327 e. The molecule has 0 aliphatic rings. The van der Waals surface area contributed by atoms with E-state index < -0.39 is 0 Å². The van der Waals surface area contributed by atoms with E-state index in [4.69, 9.17) is 11.5 Å². The Morgan fingerprint density at radius 1 is 1.54 bits per heavy atom. The van der Waals surface area contributed by atoms with E-state index in [1.165, 1.54) is 4.88 Å². The molecule has 1 aromatic heterocycles. The fourth-order valence-electron chi connectivity index (χ4n) is 1.44. The van der Waals surface area contributed by atoms with Crippen molar-refractivity contribution < 1.29 is 0 Å². The average Bonchev–Trinajstić information content (AvgIpc) is 2.34. The smallest absolute Gasteiger partial charge is 0.0112 e. The van der Waals surface area contributed by atoms with Crippen molar-refractivity contribution in [3.05, 3.63) is 22.4 Å². The summed E-state index contributed by atoms with van der Waals surface area (Å²) in [4.78, 5) is 1.34. The lowest BCUT2D eigenvalue weighted by atomic mass is 9.95. The van der Waals surface area contributed by atoms with Crippen molar-refractivity contribution in [3.63, 3.8) is 0 Å². The van der Waals surface area contributed by atoms with E-state index >= 15 is 0 Å². The third-order valence-corrected chi connectivity index (χ3v) is 2.73. The molecule has 0 saturated carbocycles. The molecule has 0 aliphatic heterocycles. The lowest BCUT2D eigenvalue weighted by Crippen LogP contribution is -2.40. The second kappa shape index (κ2) is 4.22. The van der Waals surface area contributed by atoms with Crippen LogP contribution in [0.5, 0.6) is 0 Å². The molecule has 1 atom stereocenters. The lowest BCUT2D eigenvalue weighted by Gasteiger charge is -2.22. The highest BCUT2D eigenvalue weighted by molar-refractivity contribution is 7.09. The minimum atomic E-state index is -0.156. The molecule has 2 nitrogen and oxygen atoms in total.